The number of H-pyrrole nitrogens is 1. The van der Waals surface area contributed by atoms with Gasteiger partial charge in [0.05, 0.1) is 31.1 Å². The number of ether oxygens (including phenoxy) is 1. The first-order valence-corrected chi connectivity index (χ1v) is 12.3. The van der Waals surface area contributed by atoms with Gasteiger partial charge in [-0.2, -0.15) is 5.10 Å². The molecular formula is C26H32N8O. The summed E-state index contributed by atoms with van der Waals surface area (Å²) in [5, 5.41) is 4.85. The molecule has 1 N–H and O–H groups in total. The van der Waals surface area contributed by atoms with E-state index < -0.39 is 0 Å². The molecule has 2 aliphatic heterocycles. The van der Waals surface area contributed by atoms with Crippen molar-refractivity contribution in [1.29, 1.82) is 0 Å². The number of likely N-dealkylation sites (tertiary alicyclic amines) is 1. The molecule has 9 heteroatoms. The van der Waals surface area contributed by atoms with E-state index in [0.29, 0.717) is 6.04 Å². The molecule has 0 amide bonds. The van der Waals surface area contributed by atoms with Crippen LogP contribution in [0.4, 0.5) is 5.69 Å². The van der Waals surface area contributed by atoms with Crippen LogP contribution in [0.1, 0.15) is 11.4 Å². The number of likely N-dealkylation sites (N-methyl/N-ethyl adjacent to an activating group) is 1. The van der Waals surface area contributed by atoms with Gasteiger partial charge >= 0.3 is 0 Å². The molecule has 0 saturated carbocycles. The second kappa shape index (κ2) is 9.07. The Labute approximate surface area is 205 Å². The molecule has 1 aromatic carbocycles. The minimum atomic E-state index is 0.621. The third-order valence-electron chi connectivity index (χ3n) is 7.01. The van der Waals surface area contributed by atoms with Gasteiger partial charge in [0.2, 0.25) is 0 Å². The van der Waals surface area contributed by atoms with Crippen LogP contribution >= 0.6 is 0 Å². The van der Waals surface area contributed by atoms with Gasteiger partial charge in [0, 0.05) is 50.0 Å². The first-order valence-electron chi connectivity index (χ1n) is 12.3. The number of fused-ring (bicyclic) bond motifs is 1. The predicted molar refractivity (Wildman–Crippen MR) is 137 cm³/mol. The number of morpholine rings is 1. The minimum Gasteiger partial charge on any atom is -0.378 e. The molecule has 5 heterocycles. The van der Waals surface area contributed by atoms with Gasteiger partial charge in [-0.15, -0.1) is 0 Å². The molecule has 35 heavy (non-hydrogen) atoms. The van der Waals surface area contributed by atoms with Crippen molar-refractivity contribution in [2.24, 2.45) is 0 Å². The van der Waals surface area contributed by atoms with Crippen LogP contribution < -0.4 is 4.90 Å². The number of benzene rings is 1. The van der Waals surface area contributed by atoms with E-state index in [4.69, 9.17) is 19.8 Å². The third kappa shape index (κ3) is 4.42. The highest BCUT2D eigenvalue weighted by molar-refractivity contribution is 5.87. The van der Waals surface area contributed by atoms with Crippen molar-refractivity contribution in [3.63, 3.8) is 0 Å². The molecule has 0 aliphatic carbocycles. The summed E-state index contributed by atoms with van der Waals surface area (Å²) in [5.74, 6) is 1.73. The van der Waals surface area contributed by atoms with Crippen molar-refractivity contribution in [3.05, 3.63) is 54.0 Å². The van der Waals surface area contributed by atoms with Gasteiger partial charge in [0.25, 0.3) is 0 Å². The molecular weight excluding hydrogens is 440 g/mol. The van der Waals surface area contributed by atoms with E-state index in [0.717, 1.165) is 85.7 Å². The van der Waals surface area contributed by atoms with Crippen LogP contribution in [-0.2, 0) is 11.3 Å². The van der Waals surface area contributed by atoms with Gasteiger partial charge in [-0.3, -0.25) is 4.90 Å². The van der Waals surface area contributed by atoms with Crippen molar-refractivity contribution < 1.29 is 4.74 Å². The molecule has 2 saturated heterocycles. The molecule has 9 nitrogen and oxygen atoms in total. The van der Waals surface area contributed by atoms with Gasteiger partial charge < -0.3 is 19.5 Å². The van der Waals surface area contributed by atoms with Crippen LogP contribution in [0.15, 0.2) is 42.6 Å². The van der Waals surface area contributed by atoms with Gasteiger partial charge in [-0.1, -0.05) is 23.8 Å². The highest BCUT2D eigenvalue weighted by Crippen LogP contribution is 2.29. The zero-order chi connectivity index (χ0) is 23.9. The predicted octanol–water partition coefficient (Wildman–Crippen LogP) is 2.70. The summed E-state index contributed by atoms with van der Waals surface area (Å²) in [4.78, 5) is 20.5. The van der Waals surface area contributed by atoms with E-state index in [1.165, 1.54) is 5.56 Å². The van der Waals surface area contributed by atoms with Crippen molar-refractivity contribution in [2.45, 2.75) is 19.5 Å². The SMILES string of the molecule is Cc1cccc(-c2ccn(-c3cc(N4CCOCC4)c4[nH]c(CN5CC(N(C)C)C5)nc4n3)n2)c1. The van der Waals surface area contributed by atoms with E-state index in [9.17, 15) is 0 Å². The fraction of sp³-hybridized carbons (Fsp3) is 0.423. The summed E-state index contributed by atoms with van der Waals surface area (Å²) in [5.41, 5.74) is 6.08. The Balaban J connectivity index is 1.34. The van der Waals surface area contributed by atoms with Gasteiger partial charge in [0.15, 0.2) is 11.5 Å². The molecule has 4 aromatic rings. The normalized spacial score (nSPS) is 17.4. The second-order valence-electron chi connectivity index (χ2n) is 9.81. The Morgan fingerprint density at radius 3 is 2.69 bits per heavy atom. The first kappa shape index (κ1) is 22.2. The smallest absolute Gasteiger partial charge is 0.182 e. The van der Waals surface area contributed by atoms with E-state index in [1.807, 2.05) is 16.9 Å². The standard InChI is InChI=1S/C26H32N8O/c1-18-5-4-6-19(13-18)21-7-8-34(30-21)24-14-22(33-9-11-35-12-10-33)25-26(29-24)28-23(27-25)17-32-15-20(16-32)31(2)3/h4-8,13-14,20H,9-12,15-17H2,1-3H3,(H,27,28,29). The Hall–Kier alpha value is -3.27. The summed E-state index contributed by atoms with van der Waals surface area (Å²) >= 11 is 0. The molecule has 6 rings (SSSR count). The van der Waals surface area contributed by atoms with Crippen LogP contribution in [0.25, 0.3) is 28.2 Å². The highest BCUT2D eigenvalue weighted by Gasteiger charge is 2.29. The molecule has 0 spiro atoms. The van der Waals surface area contributed by atoms with Gasteiger partial charge in [-0.25, -0.2) is 14.6 Å². The monoisotopic (exact) mass is 472 g/mol. The number of aromatic nitrogens is 5. The lowest BCUT2D eigenvalue weighted by Gasteiger charge is -2.42. The van der Waals surface area contributed by atoms with Crippen molar-refractivity contribution in [1.82, 2.24) is 34.5 Å². The topological polar surface area (TPSA) is 78.3 Å². The summed E-state index contributed by atoms with van der Waals surface area (Å²) in [6.07, 6.45) is 1.98. The number of rotatable bonds is 6. The summed E-state index contributed by atoms with van der Waals surface area (Å²) in [6.45, 7) is 8.16. The molecule has 0 radical (unpaired) electrons. The average molecular weight is 473 g/mol. The van der Waals surface area contributed by atoms with E-state index in [2.05, 4.69) is 71.0 Å². The number of imidazole rings is 1. The van der Waals surface area contributed by atoms with Crippen LogP contribution in [0.3, 0.4) is 0 Å². The number of hydrogen-bond donors (Lipinski definition) is 1. The molecule has 0 unspecified atom stereocenters. The number of anilines is 1. The van der Waals surface area contributed by atoms with Crippen LogP contribution in [-0.4, -0.2) is 94.1 Å². The van der Waals surface area contributed by atoms with E-state index in [1.54, 1.807) is 0 Å². The number of nitrogens with zero attached hydrogens (tertiary/aromatic N) is 7. The van der Waals surface area contributed by atoms with Crippen molar-refractivity contribution in [3.8, 4) is 17.1 Å². The maximum absolute atomic E-state index is 5.61. The second-order valence-corrected chi connectivity index (χ2v) is 9.81. The summed E-state index contributed by atoms with van der Waals surface area (Å²) in [6, 6.07) is 13.2. The molecule has 3 aromatic heterocycles. The Kier molecular flexibility index (Phi) is 5.75. The molecule has 0 bridgehead atoms. The number of aromatic amines is 1. The average Bonchev–Trinajstić information content (AvgIpc) is 3.48. The lowest BCUT2D eigenvalue weighted by Crippen LogP contribution is -2.56. The van der Waals surface area contributed by atoms with E-state index in [-0.39, 0.29) is 0 Å². The maximum atomic E-state index is 5.61. The van der Waals surface area contributed by atoms with E-state index >= 15 is 0 Å². The quantitative estimate of drug-likeness (QED) is 0.462. The third-order valence-corrected chi connectivity index (χ3v) is 7.01. The molecule has 2 aliphatic rings. The van der Waals surface area contributed by atoms with Crippen LogP contribution in [0.2, 0.25) is 0 Å². The highest BCUT2D eigenvalue weighted by atomic mass is 16.5. The number of nitrogens with one attached hydrogen (secondary N) is 1. The zero-order valence-electron chi connectivity index (χ0n) is 20.6. The number of hydrogen-bond acceptors (Lipinski definition) is 7. The molecule has 182 valence electrons. The summed E-state index contributed by atoms with van der Waals surface area (Å²) in [7, 11) is 4.28. The maximum Gasteiger partial charge on any atom is 0.182 e. The zero-order valence-corrected chi connectivity index (χ0v) is 20.6. The largest absolute Gasteiger partial charge is 0.378 e. The summed E-state index contributed by atoms with van der Waals surface area (Å²) < 4.78 is 7.46. The number of aryl methyl sites for hydroxylation is 1. The molecule has 0 atom stereocenters. The van der Waals surface area contributed by atoms with Crippen molar-refractivity contribution in [2.75, 3.05) is 58.4 Å². The minimum absolute atomic E-state index is 0.621. The van der Waals surface area contributed by atoms with Gasteiger partial charge in [0.1, 0.15) is 11.3 Å². The Bertz CT molecular complexity index is 1330. The lowest BCUT2D eigenvalue weighted by molar-refractivity contribution is 0.0555. The lowest BCUT2D eigenvalue weighted by atomic mass is 10.1. The fourth-order valence-electron chi connectivity index (χ4n) is 4.87. The van der Waals surface area contributed by atoms with Gasteiger partial charge in [-0.05, 0) is 33.2 Å². The Morgan fingerprint density at radius 2 is 1.91 bits per heavy atom. The molecule has 2 fully saturated rings. The number of pyridine rings is 1. The fourth-order valence-corrected chi connectivity index (χ4v) is 4.87. The Morgan fingerprint density at radius 1 is 1.09 bits per heavy atom. The van der Waals surface area contributed by atoms with Crippen LogP contribution in [0.5, 0.6) is 0 Å². The first-order chi connectivity index (χ1) is 17.0. The van der Waals surface area contributed by atoms with Crippen LogP contribution in [0, 0.1) is 6.92 Å². The van der Waals surface area contributed by atoms with Crippen molar-refractivity contribution >= 4 is 16.9 Å².